The summed E-state index contributed by atoms with van der Waals surface area (Å²) in [6.45, 7) is -0.314. The third-order valence-corrected chi connectivity index (χ3v) is 1.78. The van der Waals surface area contributed by atoms with Crippen molar-refractivity contribution < 1.29 is 15.0 Å². The zero-order valence-corrected chi connectivity index (χ0v) is 7.23. The van der Waals surface area contributed by atoms with Crippen LogP contribution in [-0.2, 0) is 0 Å². The summed E-state index contributed by atoms with van der Waals surface area (Å²) in [6, 6.07) is 0.465. The van der Waals surface area contributed by atoms with Gasteiger partial charge in [-0.2, -0.15) is 0 Å². The van der Waals surface area contributed by atoms with Crippen LogP contribution in [0.15, 0.2) is 17.1 Å². The van der Waals surface area contributed by atoms with Crippen LogP contribution in [0.3, 0.4) is 0 Å². The van der Waals surface area contributed by atoms with E-state index >= 15 is 0 Å². The number of aliphatic hydroxyl groups is 1. The number of nitrogens with two attached hydrogens (primary N) is 1. The van der Waals surface area contributed by atoms with Crippen LogP contribution in [-0.4, -0.2) is 27.8 Å². The maximum atomic E-state index is 11.0. The van der Waals surface area contributed by atoms with Gasteiger partial charge in [0.05, 0.1) is 12.6 Å². The fourth-order valence-electron chi connectivity index (χ4n) is 0.979. The molecule has 0 aromatic carbocycles. The van der Waals surface area contributed by atoms with E-state index in [1.54, 1.807) is 0 Å². The number of rotatable bonds is 3. The lowest BCUT2D eigenvalue weighted by atomic mass is 10.1. The Labute approximate surface area is 79.0 Å². The second kappa shape index (κ2) is 4.03. The van der Waals surface area contributed by atoms with E-state index in [2.05, 4.69) is 4.98 Å². The third kappa shape index (κ3) is 1.98. The summed E-state index contributed by atoms with van der Waals surface area (Å²) in [4.78, 5) is 23.8. The van der Waals surface area contributed by atoms with Crippen molar-refractivity contribution in [3.05, 3.63) is 33.7 Å². The fourth-order valence-corrected chi connectivity index (χ4v) is 0.979. The van der Waals surface area contributed by atoms with Crippen molar-refractivity contribution >= 4 is 5.97 Å². The number of carboxylic acid groups (broad SMARTS) is 1. The van der Waals surface area contributed by atoms with Crippen molar-refractivity contribution in [1.29, 1.82) is 0 Å². The minimum absolute atomic E-state index is 0.314. The molecule has 1 aromatic rings. The monoisotopic (exact) mass is 198 g/mol. The van der Waals surface area contributed by atoms with Crippen LogP contribution in [0.4, 0.5) is 0 Å². The quantitative estimate of drug-likeness (QED) is 0.500. The van der Waals surface area contributed by atoms with Gasteiger partial charge in [0.25, 0.3) is 5.56 Å². The first-order valence-electron chi connectivity index (χ1n) is 3.88. The molecule has 1 unspecified atom stereocenters. The zero-order valence-electron chi connectivity index (χ0n) is 7.23. The van der Waals surface area contributed by atoms with Gasteiger partial charge in [0.2, 0.25) is 0 Å². The van der Waals surface area contributed by atoms with E-state index in [0.717, 1.165) is 6.07 Å². The van der Waals surface area contributed by atoms with Crippen molar-refractivity contribution in [3.8, 4) is 0 Å². The highest BCUT2D eigenvalue weighted by Crippen LogP contribution is 2.07. The summed E-state index contributed by atoms with van der Waals surface area (Å²) in [5, 5.41) is 17.3. The first-order valence-corrected chi connectivity index (χ1v) is 3.88. The molecule has 1 aromatic heterocycles. The lowest BCUT2D eigenvalue weighted by Gasteiger charge is -2.07. The predicted octanol–water partition coefficient (Wildman–Crippen LogP) is -0.935. The first-order chi connectivity index (χ1) is 6.56. The van der Waals surface area contributed by atoms with Crippen LogP contribution in [0.25, 0.3) is 0 Å². The number of pyridine rings is 1. The van der Waals surface area contributed by atoms with Crippen LogP contribution >= 0.6 is 0 Å². The molecular formula is C8H10N2O4. The molecule has 6 heteroatoms. The van der Waals surface area contributed by atoms with Gasteiger partial charge in [-0.15, -0.1) is 0 Å². The summed E-state index contributed by atoms with van der Waals surface area (Å²) in [5.74, 6) is -1.32. The lowest BCUT2D eigenvalue weighted by molar-refractivity contribution is 0.0694. The van der Waals surface area contributed by atoms with Crippen LogP contribution in [0.5, 0.6) is 0 Å². The molecule has 1 heterocycles. The molecule has 0 radical (unpaired) electrons. The van der Waals surface area contributed by atoms with Crippen molar-refractivity contribution in [2.24, 2.45) is 5.73 Å². The number of aromatic nitrogens is 1. The number of carbonyl (C=O) groups is 1. The van der Waals surface area contributed by atoms with Gasteiger partial charge >= 0.3 is 5.97 Å². The number of H-pyrrole nitrogens is 1. The van der Waals surface area contributed by atoms with E-state index in [1.165, 1.54) is 6.20 Å². The molecule has 0 aliphatic heterocycles. The molecule has 0 amide bonds. The van der Waals surface area contributed by atoms with Gasteiger partial charge in [0.15, 0.2) is 0 Å². The largest absolute Gasteiger partial charge is 0.477 e. The topological polar surface area (TPSA) is 116 Å². The molecule has 0 aliphatic carbocycles. The third-order valence-electron chi connectivity index (χ3n) is 1.78. The van der Waals surface area contributed by atoms with Gasteiger partial charge in [-0.1, -0.05) is 0 Å². The average Bonchev–Trinajstić information content (AvgIpc) is 2.17. The summed E-state index contributed by atoms with van der Waals surface area (Å²) < 4.78 is 0. The highest BCUT2D eigenvalue weighted by atomic mass is 16.4. The Morgan fingerprint density at radius 3 is 2.79 bits per heavy atom. The van der Waals surface area contributed by atoms with E-state index in [4.69, 9.17) is 15.9 Å². The van der Waals surface area contributed by atoms with Crippen LogP contribution in [0.2, 0.25) is 0 Å². The first kappa shape index (κ1) is 10.4. The van der Waals surface area contributed by atoms with Crippen molar-refractivity contribution in [1.82, 2.24) is 4.98 Å². The van der Waals surface area contributed by atoms with Gasteiger partial charge in [0, 0.05) is 6.20 Å². The SMILES string of the molecule is NC(CO)c1c[nH]c(=O)c(C(=O)O)c1. The second-order valence-electron chi connectivity index (χ2n) is 2.77. The standard InChI is InChI=1S/C8H10N2O4/c9-6(3-11)4-1-5(8(13)14)7(12)10-2-4/h1-2,6,11H,3,9H2,(H,10,12)(H,13,14). The molecule has 0 saturated heterocycles. The van der Waals surface area contributed by atoms with E-state index in [-0.39, 0.29) is 12.2 Å². The summed E-state index contributed by atoms with van der Waals surface area (Å²) >= 11 is 0. The van der Waals surface area contributed by atoms with Crippen LogP contribution in [0, 0.1) is 0 Å². The predicted molar refractivity (Wildman–Crippen MR) is 48.0 cm³/mol. The van der Waals surface area contributed by atoms with E-state index in [0.29, 0.717) is 5.56 Å². The normalized spacial score (nSPS) is 12.4. The molecule has 76 valence electrons. The number of hydrogen-bond acceptors (Lipinski definition) is 4. The van der Waals surface area contributed by atoms with Gasteiger partial charge < -0.3 is 20.9 Å². The second-order valence-corrected chi connectivity index (χ2v) is 2.77. The van der Waals surface area contributed by atoms with Gasteiger partial charge in [-0.05, 0) is 11.6 Å². The Kier molecular flexibility index (Phi) is 3.00. The summed E-state index contributed by atoms with van der Waals surface area (Å²) in [7, 11) is 0. The molecule has 0 spiro atoms. The Morgan fingerprint density at radius 1 is 1.64 bits per heavy atom. The molecule has 14 heavy (non-hydrogen) atoms. The molecule has 6 nitrogen and oxygen atoms in total. The molecule has 0 fully saturated rings. The minimum Gasteiger partial charge on any atom is -0.477 e. The Balaban J connectivity index is 3.19. The molecule has 0 saturated carbocycles. The van der Waals surface area contributed by atoms with Crippen molar-refractivity contribution in [3.63, 3.8) is 0 Å². The lowest BCUT2D eigenvalue weighted by Crippen LogP contribution is -2.21. The number of hydrogen-bond donors (Lipinski definition) is 4. The number of aromatic carboxylic acids is 1. The molecule has 0 aliphatic rings. The highest BCUT2D eigenvalue weighted by Gasteiger charge is 2.12. The summed E-state index contributed by atoms with van der Waals surface area (Å²) in [6.07, 6.45) is 1.29. The van der Waals surface area contributed by atoms with Gasteiger partial charge in [0.1, 0.15) is 5.56 Å². The molecule has 0 bridgehead atoms. The van der Waals surface area contributed by atoms with Crippen LogP contribution in [0.1, 0.15) is 22.0 Å². The van der Waals surface area contributed by atoms with Crippen LogP contribution < -0.4 is 11.3 Å². The fraction of sp³-hybridized carbons (Fsp3) is 0.250. The zero-order chi connectivity index (χ0) is 10.7. The number of aromatic amines is 1. The van der Waals surface area contributed by atoms with Gasteiger partial charge in [-0.3, -0.25) is 4.79 Å². The smallest absolute Gasteiger partial charge is 0.341 e. The van der Waals surface area contributed by atoms with Gasteiger partial charge in [-0.25, -0.2) is 4.79 Å². The van der Waals surface area contributed by atoms with E-state index < -0.39 is 17.6 Å². The number of aliphatic hydroxyl groups excluding tert-OH is 1. The summed E-state index contributed by atoms with van der Waals surface area (Å²) in [5.41, 5.74) is 4.76. The average molecular weight is 198 g/mol. The molecule has 5 N–H and O–H groups in total. The Hall–Kier alpha value is -1.66. The maximum Gasteiger partial charge on any atom is 0.341 e. The van der Waals surface area contributed by atoms with Crippen molar-refractivity contribution in [2.45, 2.75) is 6.04 Å². The highest BCUT2D eigenvalue weighted by molar-refractivity contribution is 5.87. The Morgan fingerprint density at radius 2 is 2.29 bits per heavy atom. The van der Waals surface area contributed by atoms with E-state index in [1.807, 2.05) is 0 Å². The minimum atomic E-state index is -1.32. The number of nitrogens with one attached hydrogen (secondary N) is 1. The van der Waals surface area contributed by atoms with Crippen molar-refractivity contribution in [2.75, 3.05) is 6.61 Å². The molecule has 1 atom stereocenters. The molecule has 1 rings (SSSR count). The maximum absolute atomic E-state index is 11.0. The van der Waals surface area contributed by atoms with E-state index in [9.17, 15) is 9.59 Å². The number of carboxylic acids is 1. The molecular weight excluding hydrogens is 188 g/mol. The Bertz CT molecular complexity index is 399.